The lowest BCUT2D eigenvalue weighted by atomic mass is 10.1. The van der Waals surface area contributed by atoms with Crippen LogP contribution in [0.2, 0.25) is 0 Å². The highest BCUT2D eigenvalue weighted by molar-refractivity contribution is 7.85. The first-order valence-electron chi connectivity index (χ1n) is 10.7. The SMILES string of the molecule is CC(C)CCNC(=O)c1ccc2c(c1)N(Cc1ccccc1)C(=O)c1ccccc1S2=O. The van der Waals surface area contributed by atoms with Crippen LogP contribution in [0.1, 0.15) is 46.5 Å². The maximum Gasteiger partial charge on any atom is 0.259 e. The van der Waals surface area contributed by atoms with Crippen LogP contribution >= 0.6 is 0 Å². The van der Waals surface area contributed by atoms with E-state index in [1.54, 1.807) is 47.4 Å². The lowest BCUT2D eigenvalue weighted by Gasteiger charge is -2.23. The van der Waals surface area contributed by atoms with Crippen LogP contribution in [0.5, 0.6) is 0 Å². The van der Waals surface area contributed by atoms with Crippen molar-refractivity contribution in [3.05, 3.63) is 89.5 Å². The topological polar surface area (TPSA) is 66.5 Å². The molecule has 1 N–H and O–H groups in total. The third-order valence-electron chi connectivity index (χ3n) is 5.46. The van der Waals surface area contributed by atoms with Crippen LogP contribution in [-0.4, -0.2) is 22.6 Å². The molecule has 164 valence electrons. The Balaban J connectivity index is 1.77. The minimum Gasteiger partial charge on any atom is -0.352 e. The lowest BCUT2D eigenvalue weighted by Crippen LogP contribution is -2.31. The number of carbonyl (C=O) groups excluding carboxylic acids is 2. The van der Waals surface area contributed by atoms with Gasteiger partial charge < -0.3 is 10.2 Å². The summed E-state index contributed by atoms with van der Waals surface area (Å²) in [5.41, 5.74) is 2.32. The molecule has 1 aliphatic heterocycles. The van der Waals surface area contributed by atoms with Crippen molar-refractivity contribution in [2.45, 2.75) is 36.6 Å². The summed E-state index contributed by atoms with van der Waals surface area (Å²) in [6.07, 6.45) is 0.884. The van der Waals surface area contributed by atoms with E-state index in [2.05, 4.69) is 19.2 Å². The van der Waals surface area contributed by atoms with Crippen LogP contribution in [0.15, 0.2) is 82.6 Å². The number of anilines is 1. The average Bonchev–Trinajstić information content (AvgIpc) is 2.89. The molecule has 4 rings (SSSR count). The molecule has 0 radical (unpaired) electrons. The quantitative estimate of drug-likeness (QED) is 0.592. The molecule has 3 aromatic rings. The molecule has 0 spiro atoms. The number of nitrogens with one attached hydrogen (secondary N) is 1. The Kier molecular flexibility index (Phi) is 6.51. The minimum absolute atomic E-state index is 0.201. The zero-order valence-corrected chi connectivity index (χ0v) is 19.0. The second-order valence-electron chi connectivity index (χ2n) is 8.26. The van der Waals surface area contributed by atoms with Gasteiger partial charge >= 0.3 is 0 Å². The maximum absolute atomic E-state index is 13.6. The number of hydrogen-bond acceptors (Lipinski definition) is 3. The van der Waals surface area contributed by atoms with E-state index >= 15 is 0 Å². The van der Waals surface area contributed by atoms with Crippen molar-refractivity contribution < 1.29 is 13.8 Å². The molecule has 0 aromatic heterocycles. The molecule has 0 saturated heterocycles. The average molecular weight is 447 g/mol. The molecule has 1 unspecified atom stereocenters. The summed E-state index contributed by atoms with van der Waals surface area (Å²) in [6, 6.07) is 21.7. The molecule has 2 amide bonds. The van der Waals surface area contributed by atoms with Crippen molar-refractivity contribution in [3.8, 4) is 0 Å². The zero-order chi connectivity index (χ0) is 22.7. The van der Waals surface area contributed by atoms with E-state index in [0.717, 1.165) is 12.0 Å². The van der Waals surface area contributed by atoms with Crippen LogP contribution in [0.25, 0.3) is 0 Å². The first-order chi connectivity index (χ1) is 15.5. The third-order valence-corrected chi connectivity index (χ3v) is 6.96. The summed E-state index contributed by atoms with van der Waals surface area (Å²) < 4.78 is 13.4. The molecule has 0 fully saturated rings. The molecule has 5 nitrogen and oxygen atoms in total. The van der Waals surface area contributed by atoms with E-state index in [9.17, 15) is 13.8 Å². The predicted octanol–water partition coefficient (Wildman–Crippen LogP) is 4.79. The van der Waals surface area contributed by atoms with Gasteiger partial charge in [-0.2, -0.15) is 0 Å². The Labute approximate surface area is 190 Å². The van der Waals surface area contributed by atoms with Crippen molar-refractivity contribution in [2.75, 3.05) is 11.4 Å². The number of amides is 2. The van der Waals surface area contributed by atoms with Gasteiger partial charge in [-0.05, 0) is 48.2 Å². The monoisotopic (exact) mass is 446 g/mol. The van der Waals surface area contributed by atoms with E-state index < -0.39 is 10.8 Å². The summed E-state index contributed by atoms with van der Waals surface area (Å²) in [5, 5.41) is 2.94. The van der Waals surface area contributed by atoms with E-state index in [-0.39, 0.29) is 11.8 Å². The fourth-order valence-electron chi connectivity index (χ4n) is 3.70. The second kappa shape index (κ2) is 9.49. The largest absolute Gasteiger partial charge is 0.352 e. The molecule has 0 bridgehead atoms. The number of rotatable bonds is 6. The van der Waals surface area contributed by atoms with Crippen LogP contribution in [-0.2, 0) is 17.3 Å². The minimum atomic E-state index is -1.53. The highest BCUT2D eigenvalue weighted by Crippen LogP contribution is 2.36. The Morgan fingerprint density at radius 1 is 0.969 bits per heavy atom. The van der Waals surface area contributed by atoms with Crippen LogP contribution < -0.4 is 10.2 Å². The maximum atomic E-state index is 13.6. The van der Waals surface area contributed by atoms with E-state index in [1.807, 2.05) is 30.3 Å². The highest BCUT2D eigenvalue weighted by atomic mass is 32.2. The Morgan fingerprint density at radius 2 is 1.69 bits per heavy atom. The molecule has 0 saturated carbocycles. The third kappa shape index (κ3) is 4.50. The summed E-state index contributed by atoms with van der Waals surface area (Å²) >= 11 is 0. The summed E-state index contributed by atoms with van der Waals surface area (Å²) in [4.78, 5) is 29.0. The van der Waals surface area contributed by atoms with Gasteiger partial charge in [0.15, 0.2) is 0 Å². The van der Waals surface area contributed by atoms with Gasteiger partial charge in [0, 0.05) is 12.1 Å². The number of hydrogen-bond donors (Lipinski definition) is 1. The van der Waals surface area contributed by atoms with Crippen molar-refractivity contribution in [1.29, 1.82) is 0 Å². The van der Waals surface area contributed by atoms with Crippen LogP contribution in [0, 0.1) is 5.92 Å². The lowest BCUT2D eigenvalue weighted by molar-refractivity contribution is 0.0948. The molecular weight excluding hydrogens is 420 g/mol. The first kappa shape index (κ1) is 22.0. The van der Waals surface area contributed by atoms with Gasteiger partial charge in [0.1, 0.15) is 0 Å². The smallest absolute Gasteiger partial charge is 0.259 e. The van der Waals surface area contributed by atoms with Crippen molar-refractivity contribution in [2.24, 2.45) is 5.92 Å². The zero-order valence-electron chi connectivity index (χ0n) is 18.2. The normalized spacial score (nSPS) is 15.2. The second-order valence-corrected chi connectivity index (χ2v) is 9.68. The molecule has 1 atom stereocenters. The van der Waals surface area contributed by atoms with Gasteiger partial charge in [-0.1, -0.05) is 56.3 Å². The molecule has 0 aliphatic carbocycles. The van der Waals surface area contributed by atoms with Gasteiger partial charge in [0.05, 0.1) is 38.4 Å². The van der Waals surface area contributed by atoms with Crippen LogP contribution in [0.3, 0.4) is 0 Å². The van der Waals surface area contributed by atoms with Gasteiger partial charge in [-0.3, -0.25) is 9.59 Å². The van der Waals surface area contributed by atoms with Crippen molar-refractivity contribution in [1.82, 2.24) is 5.32 Å². The molecular formula is C26H26N2O3S. The summed E-state index contributed by atoms with van der Waals surface area (Å²) in [5.74, 6) is 0.0595. The predicted molar refractivity (Wildman–Crippen MR) is 126 cm³/mol. The van der Waals surface area contributed by atoms with Gasteiger partial charge in [-0.25, -0.2) is 4.21 Å². The summed E-state index contributed by atoms with van der Waals surface area (Å²) in [7, 11) is -1.53. The fraction of sp³-hybridized carbons (Fsp3) is 0.231. The molecule has 6 heteroatoms. The van der Waals surface area contributed by atoms with Crippen molar-refractivity contribution >= 4 is 28.3 Å². The highest BCUT2D eigenvalue weighted by Gasteiger charge is 2.31. The van der Waals surface area contributed by atoms with Crippen molar-refractivity contribution in [3.63, 3.8) is 0 Å². The molecule has 1 aliphatic rings. The van der Waals surface area contributed by atoms with Gasteiger partial charge in [-0.15, -0.1) is 0 Å². The van der Waals surface area contributed by atoms with Gasteiger partial charge in [0.25, 0.3) is 11.8 Å². The Bertz CT molecular complexity index is 1170. The fourth-order valence-corrected chi connectivity index (χ4v) is 5.05. The van der Waals surface area contributed by atoms with E-state index in [1.165, 1.54) is 0 Å². The summed E-state index contributed by atoms with van der Waals surface area (Å²) in [6.45, 7) is 5.11. The Morgan fingerprint density at radius 3 is 2.44 bits per heavy atom. The molecule has 3 aromatic carbocycles. The van der Waals surface area contributed by atoms with E-state index in [4.69, 9.17) is 0 Å². The molecule has 1 heterocycles. The number of nitrogens with zero attached hydrogens (tertiary/aromatic N) is 1. The number of fused-ring (bicyclic) bond motifs is 2. The number of carbonyl (C=O) groups is 2. The van der Waals surface area contributed by atoms with Gasteiger partial charge in [0.2, 0.25) is 0 Å². The standard InChI is InChI=1S/C26H26N2O3S/c1-18(2)14-15-27-25(29)20-12-13-24-22(16-20)28(17-19-8-4-3-5-9-19)26(30)21-10-6-7-11-23(21)32(24)31/h3-13,16,18H,14-15,17H2,1-2H3,(H,27,29). The first-order valence-corrected chi connectivity index (χ1v) is 11.9. The van der Waals surface area contributed by atoms with E-state index in [0.29, 0.717) is 45.6 Å². The number of benzene rings is 3. The van der Waals surface area contributed by atoms with Crippen LogP contribution in [0.4, 0.5) is 5.69 Å². The Hall–Kier alpha value is -3.25. The molecule has 32 heavy (non-hydrogen) atoms.